The van der Waals surface area contributed by atoms with Crippen molar-refractivity contribution >= 4 is 23.3 Å². The number of hydrogen-bond donors (Lipinski definition) is 2. The van der Waals surface area contributed by atoms with Crippen molar-refractivity contribution in [3.8, 4) is 11.3 Å². The maximum absolute atomic E-state index is 15.4. The Morgan fingerprint density at radius 2 is 1.84 bits per heavy atom. The number of nitrogens with one attached hydrogen (secondary N) is 1. The van der Waals surface area contributed by atoms with Gasteiger partial charge < -0.3 is 15.8 Å². The van der Waals surface area contributed by atoms with Crippen LogP contribution >= 0.6 is 0 Å². The molecule has 1 aromatic carbocycles. The number of hydrogen-bond acceptors (Lipinski definition) is 6. The van der Waals surface area contributed by atoms with Crippen molar-refractivity contribution < 1.29 is 23.5 Å². The van der Waals surface area contributed by atoms with Crippen molar-refractivity contribution in [1.82, 2.24) is 19.6 Å². The minimum atomic E-state index is -0.768. The summed E-state index contributed by atoms with van der Waals surface area (Å²) in [5.74, 6) is -3.57. The van der Waals surface area contributed by atoms with Crippen molar-refractivity contribution in [2.75, 3.05) is 11.9 Å². The summed E-state index contributed by atoms with van der Waals surface area (Å²) in [5, 5.41) is 11.1. The average molecular weight is 523 g/mol. The average Bonchev–Trinajstić information content (AvgIpc) is 3.55. The van der Waals surface area contributed by atoms with E-state index in [0.29, 0.717) is 30.7 Å². The second-order valence-electron chi connectivity index (χ2n) is 9.96. The van der Waals surface area contributed by atoms with Gasteiger partial charge in [0.2, 0.25) is 5.91 Å². The van der Waals surface area contributed by atoms with Crippen LogP contribution in [0, 0.1) is 17.7 Å². The lowest BCUT2D eigenvalue weighted by Crippen LogP contribution is -2.36. The van der Waals surface area contributed by atoms with E-state index in [1.165, 1.54) is 23.0 Å². The normalized spacial score (nSPS) is 21.7. The fraction of sp³-hybridized carbons (Fsp3) is 0.444. The number of anilines is 1. The first-order valence-electron chi connectivity index (χ1n) is 13.0. The van der Waals surface area contributed by atoms with Gasteiger partial charge in [0, 0.05) is 43.4 Å². The van der Waals surface area contributed by atoms with Crippen molar-refractivity contribution in [1.29, 1.82) is 0 Å². The number of benzene rings is 1. The number of rotatable bonds is 7. The summed E-state index contributed by atoms with van der Waals surface area (Å²) >= 11 is 0. The van der Waals surface area contributed by atoms with Crippen LogP contribution in [-0.4, -0.2) is 43.8 Å². The van der Waals surface area contributed by atoms with Crippen molar-refractivity contribution in [2.45, 2.75) is 51.2 Å². The highest BCUT2D eigenvalue weighted by Gasteiger charge is 2.37. The van der Waals surface area contributed by atoms with E-state index < -0.39 is 35.3 Å². The van der Waals surface area contributed by atoms with E-state index in [9.17, 15) is 14.4 Å². The number of aryl methyl sites for hydroxylation is 1. The lowest BCUT2D eigenvalue weighted by atomic mass is 9.74. The zero-order valence-corrected chi connectivity index (χ0v) is 21.2. The summed E-state index contributed by atoms with van der Waals surface area (Å²) in [5.41, 5.74) is 6.78. The van der Waals surface area contributed by atoms with Crippen LogP contribution in [0.4, 0.5) is 10.1 Å². The third kappa shape index (κ3) is 5.10. The second-order valence-corrected chi connectivity index (χ2v) is 9.96. The highest BCUT2D eigenvalue weighted by molar-refractivity contribution is 6.05. The summed E-state index contributed by atoms with van der Waals surface area (Å²) in [6.07, 6.45) is 8.30. The number of primary amides is 1. The smallest absolute Gasteiger partial charge is 0.271 e. The van der Waals surface area contributed by atoms with Crippen molar-refractivity contribution in [3.05, 3.63) is 53.7 Å². The molecule has 0 spiro atoms. The molecule has 3 aromatic rings. The van der Waals surface area contributed by atoms with Crippen LogP contribution in [0.25, 0.3) is 11.3 Å². The molecule has 38 heavy (non-hydrogen) atoms. The Balaban J connectivity index is 1.36. The van der Waals surface area contributed by atoms with Gasteiger partial charge in [0.25, 0.3) is 5.91 Å². The number of nitrogens with zero attached hydrogens (tertiary/aromatic N) is 4. The highest BCUT2D eigenvalue weighted by atomic mass is 19.1. The number of nitrogens with two attached hydrogens (primary N) is 1. The molecule has 1 aliphatic heterocycles. The Bertz CT molecular complexity index is 1360. The molecule has 3 heterocycles. The first-order valence-corrected chi connectivity index (χ1v) is 13.0. The minimum absolute atomic E-state index is 0.0439. The van der Waals surface area contributed by atoms with E-state index in [2.05, 4.69) is 15.5 Å². The molecule has 1 saturated heterocycles. The third-order valence-electron chi connectivity index (χ3n) is 7.39. The maximum atomic E-state index is 15.4. The predicted octanol–water partition coefficient (Wildman–Crippen LogP) is 3.85. The second kappa shape index (κ2) is 10.9. The van der Waals surface area contributed by atoms with E-state index in [1.54, 1.807) is 30.1 Å². The van der Waals surface area contributed by atoms with Gasteiger partial charge in [0.15, 0.2) is 17.7 Å². The summed E-state index contributed by atoms with van der Waals surface area (Å²) in [7, 11) is 1.61. The molecular formula is C27H31FN6O4. The SMILES string of the molecule is Cn1cc(NC(=O)[C@@H]2CCCC[C@@H]2C(=O)c2ccc(-c3ccnn3C3CCCCO3)cc2F)c(C(N)=O)n1. The Labute approximate surface area is 219 Å². The number of Topliss-reactive ketones (excluding diaryl/α,β-unsaturated/α-hetero) is 1. The number of carbonyl (C=O) groups excluding carboxylic acids is 3. The van der Waals surface area contributed by atoms with Crippen molar-refractivity contribution in [2.24, 2.45) is 24.6 Å². The summed E-state index contributed by atoms with van der Waals surface area (Å²) < 4.78 is 24.4. The summed E-state index contributed by atoms with van der Waals surface area (Å²) in [6, 6.07) is 6.34. The number of carbonyl (C=O) groups is 3. The third-order valence-corrected chi connectivity index (χ3v) is 7.39. The number of amides is 2. The number of aromatic nitrogens is 4. The van der Waals surface area contributed by atoms with Crippen LogP contribution in [0.1, 0.15) is 72.0 Å². The molecule has 1 aliphatic carbocycles. The maximum Gasteiger partial charge on any atom is 0.271 e. The molecule has 200 valence electrons. The van der Waals surface area contributed by atoms with Gasteiger partial charge in [0.05, 0.1) is 16.9 Å². The Hall–Kier alpha value is -3.86. The van der Waals surface area contributed by atoms with Gasteiger partial charge in [-0.2, -0.15) is 10.2 Å². The Morgan fingerprint density at radius 3 is 2.55 bits per heavy atom. The van der Waals surface area contributed by atoms with E-state index in [0.717, 1.165) is 32.1 Å². The van der Waals surface area contributed by atoms with E-state index in [1.807, 2.05) is 0 Å². The van der Waals surface area contributed by atoms with Crippen LogP contribution in [-0.2, 0) is 16.6 Å². The molecule has 3 atom stereocenters. The number of ketones is 1. The Kier molecular flexibility index (Phi) is 7.37. The van der Waals surface area contributed by atoms with Crippen LogP contribution < -0.4 is 11.1 Å². The zero-order chi connectivity index (χ0) is 26.8. The lowest BCUT2D eigenvalue weighted by molar-refractivity contribution is -0.122. The van der Waals surface area contributed by atoms with Gasteiger partial charge in [-0.25, -0.2) is 9.07 Å². The molecule has 3 N–H and O–H groups in total. The highest BCUT2D eigenvalue weighted by Crippen LogP contribution is 2.35. The van der Waals surface area contributed by atoms with Gasteiger partial charge in [-0.3, -0.25) is 19.1 Å². The van der Waals surface area contributed by atoms with E-state index in [-0.39, 0.29) is 23.2 Å². The van der Waals surface area contributed by atoms with Crippen LogP contribution in [0.2, 0.25) is 0 Å². The number of halogens is 1. The molecule has 10 nitrogen and oxygen atoms in total. The van der Waals surface area contributed by atoms with E-state index >= 15 is 4.39 Å². The van der Waals surface area contributed by atoms with Gasteiger partial charge in [-0.15, -0.1) is 0 Å². The fourth-order valence-corrected chi connectivity index (χ4v) is 5.51. The van der Waals surface area contributed by atoms with Gasteiger partial charge in [0.1, 0.15) is 5.82 Å². The van der Waals surface area contributed by atoms with E-state index in [4.69, 9.17) is 10.5 Å². The lowest BCUT2D eigenvalue weighted by Gasteiger charge is -2.29. The first kappa shape index (κ1) is 25.8. The van der Waals surface area contributed by atoms with Gasteiger partial charge in [-0.1, -0.05) is 18.9 Å². The van der Waals surface area contributed by atoms with Gasteiger partial charge in [-0.05, 0) is 50.3 Å². The molecule has 2 amide bonds. The van der Waals surface area contributed by atoms with Crippen LogP contribution in [0.15, 0.2) is 36.7 Å². The molecule has 0 bridgehead atoms. The topological polar surface area (TPSA) is 134 Å². The fourth-order valence-electron chi connectivity index (χ4n) is 5.51. The zero-order valence-electron chi connectivity index (χ0n) is 21.2. The predicted molar refractivity (Wildman–Crippen MR) is 137 cm³/mol. The summed E-state index contributed by atoms with van der Waals surface area (Å²) in [6.45, 7) is 0.659. The molecule has 2 aliphatic rings. The van der Waals surface area contributed by atoms with Gasteiger partial charge >= 0.3 is 0 Å². The molecular weight excluding hydrogens is 491 g/mol. The molecule has 1 saturated carbocycles. The number of ether oxygens (including phenoxy) is 1. The van der Waals surface area contributed by atoms with Crippen LogP contribution in [0.3, 0.4) is 0 Å². The van der Waals surface area contributed by atoms with Crippen LogP contribution in [0.5, 0.6) is 0 Å². The summed E-state index contributed by atoms with van der Waals surface area (Å²) in [4.78, 5) is 38.4. The largest absolute Gasteiger partial charge is 0.364 e. The first-order chi connectivity index (χ1) is 18.3. The molecule has 1 unspecified atom stereocenters. The quantitative estimate of drug-likeness (QED) is 0.453. The Morgan fingerprint density at radius 1 is 1.08 bits per heavy atom. The molecule has 5 rings (SSSR count). The van der Waals surface area contributed by atoms with Crippen molar-refractivity contribution in [3.63, 3.8) is 0 Å². The molecule has 2 aromatic heterocycles. The standard InChI is InChI=1S/C27H31FN6O4/c1-33-15-21(24(32-33)26(29)36)31-27(37)18-7-3-2-6-17(18)25(35)19-10-9-16(14-20(19)28)22-11-12-30-34(22)23-8-4-5-13-38-23/h9-12,14-15,17-18,23H,2-8,13H2,1H3,(H2,29,36)(H,31,37)/t17-,18+,23?/m0/s1. The molecule has 11 heteroatoms. The monoisotopic (exact) mass is 522 g/mol. The minimum Gasteiger partial charge on any atom is -0.364 e. The molecule has 2 fully saturated rings. The molecule has 0 radical (unpaired) electrons.